The van der Waals surface area contributed by atoms with Crippen LogP contribution in [0.15, 0.2) is 52.7 Å². The van der Waals surface area contributed by atoms with Gasteiger partial charge in [0, 0.05) is 0 Å². The standard InChI is InChI=1S/C23H26FN3OS/c1-4-5-6-21-22(28)27(15-18-8-11-20(24)12-9-18)23(29-21)26-25-14-19-10-7-16(2)13-17(19)3/h7-14,21H,4-6,15H2,1-3H3. The van der Waals surface area contributed by atoms with Crippen LogP contribution >= 0.6 is 11.8 Å². The number of halogens is 1. The molecule has 0 aromatic heterocycles. The fraction of sp³-hybridized carbons (Fsp3) is 0.348. The molecule has 0 bridgehead atoms. The Labute approximate surface area is 175 Å². The Bertz CT molecular complexity index is 924. The molecule has 1 fully saturated rings. The zero-order chi connectivity index (χ0) is 20.8. The van der Waals surface area contributed by atoms with Crippen molar-refractivity contribution >= 4 is 29.1 Å². The molecule has 0 radical (unpaired) electrons. The van der Waals surface area contributed by atoms with E-state index in [1.54, 1.807) is 23.2 Å². The molecule has 2 aromatic rings. The highest BCUT2D eigenvalue weighted by molar-refractivity contribution is 8.15. The number of unbranched alkanes of at least 4 members (excludes halogenated alkanes) is 1. The molecule has 3 rings (SSSR count). The lowest BCUT2D eigenvalue weighted by Gasteiger charge is -2.16. The van der Waals surface area contributed by atoms with Gasteiger partial charge in [-0.3, -0.25) is 9.69 Å². The maximum absolute atomic E-state index is 13.2. The lowest BCUT2D eigenvalue weighted by Crippen LogP contribution is -2.31. The predicted octanol–water partition coefficient (Wildman–Crippen LogP) is 5.47. The molecule has 2 aromatic carbocycles. The highest BCUT2D eigenvalue weighted by Gasteiger charge is 2.37. The minimum absolute atomic E-state index is 0.0493. The molecular weight excluding hydrogens is 385 g/mol. The number of thioether (sulfide) groups is 1. The molecular formula is C23H26FN3OS. The summed E-state index contributed by atoms with van der Waals surface area (Å²) < 4.78 is 13.2. The summed E-state index contributed by atoms with van der Waals surface area (Å²) in [5.41, 5.74) is 4.20. The predicted molar refractivity (Wildman–Crippen MR) is 119 cm³/mol. The number of rotatable bonds is 7. The lowest BCUT2D eigenvalue weighted by molar-refractivity contribution is -0.126. The van der Waals surface area contributed by atoms with Crippen LogP contribution in [-0.2, 0) is 11.3 Å². The number of carbonyl (C=O) groups excluding carboxylic acids is 1. The van der Waals surface area contributed by atoms with Gasteiger partial charge < -0.3 is 0 Å². The van der Waals surface area contributed by atoms with Crippen molar-refractivity contribution in [1.29, 1.82) is 0 Å². The molecule has 0 spiro atoms. The first kappa shape index (κ1) is 21.2. The van der Waals surface area contributed by atoms with Crippen LogP contribution in [0.3, 0.4) is 0 Å². The fourth-order valence-electron chi connectivity index (χ4n) is 3.19. The summed E-state index contributed by atoms with van der Waals surface area (Å²) in [4.78, 5) is 14.6. The van der Waals surface area contributed by atoms with Crippen molar-refractivity contribution in [2.45, 2.75) is 51.8 Å². The zero-order valence-electron chi connectivity index (χ0n) is 17.1. The summed E-state index contributed by atoms with van der Waals surface area (Å²) in [6.45, 7) is 6.58. The highest BCUT2D eigenvalue weighted by Crippen LogP contribution is 2.32. The number of hydrogen-bond acceptors (Lipinski definition) is 4. The first-order valence-electron chi connectivity index (χ1n) is 9.88. The molecule has 1 unspecified atom stereocenters. The molecule has 152 valence electrons. The van der Waals surface area contributed by atoms with E-state index < -0.39 is 0 Å². The van der Waals surface area contributed by atoms with Crippen molar-refractivity contribution in [2.75, 3.05) is 0 Å². The van der Waals surface area contributed by atoms with Gasteiger partial charge in [0.15, 0.2) is 5.17 Å². The van der Waals surface area contributed by atoms with Crippen molar-refractivity contribution in [3.63, 3.8) is 0 Å². The van der Waals surface area contributed by atoms with Gasteiger partial charge >= 0.3 is 0 Å². The quantitative estimate of drug-likeness (QED) is 0.448. The average Bonchev–Trinajstić information content (AvgIpc) is 2.98. The monoisotopic (exact) mass is 411 g/mol. The number of amides is 1. The topological polar surface area (TPSA) is 45.0 Å². The van der Waals surface area contributed by atoms with E-state index in [1.165, 1.54) is 29.5 Å². The van der Waals surface area contributed by atoms with E-state index in [-0.39, 0.29) is 17.0 Å². The Balaban J connectivity index is 1.81. The van der Waals surface area contributed by atoms with Crippen molar-refractivity contribution in [2.24, 2.45) is 10.2 Å². The molecule has 1 amide bonds. The Hall–Kier alpha value is -2.47. The van der Waals surface area contributed by atoms with Gasteiger partial charge in [0.25, 0.3) is 0 Å². The number of amidine groups is 1. The maximum atomic E-state index is 13.2. The minimum atomic E-state index is -0.288. The Morgan fingerprint density at radius 3 is 2.62 bits per heavy atom. The van der Waals surface area contributed by atoms with Crippen LogP contribution in [-0.4, -0.2) is 27.4 Å². The molecule has 0 aliphatic carbocycles. The van der Waals surface area contributed by atoms with E-state index in [0.29, 0.717) is 11.7 Å². The van der Waals surface area contributed by atoms with Crippen LogP contribution in [0.2, 0.25) is 0 Å². The summed E-state index contributed by atoms with van der Waals surface area (Å²) in [6.07, 6.45) is 4.58. The third kappa shape index (κ3) is 5.54. The van der Waals surface area contributed by atoms with Gasteiger partial charge in [-0.1, -0.05) is 67.4 Å². The molecule has 1 heterocycles. The molecule has 6 heteroatoms. The zero-order valence-corrected chi connectivity index (χ0v) is 17.9. The molecule has 0 saturated carbocycles. The number of benzene rings is 2. The van der Waals surface area contributed by atoms with Gasteiger partial charge in [-0.15, -0.1) is 5.10 Å². The largest absolute Gasteiger partial charge is 0.284 e. The average molecular weight is 412 g/mol. The van der Waals surface area contributed by atoms with Crippen LogP contribution in [0, 0.1) is 19.7 Å². The third-order valence-corrected chi connectivity index (χ3v) is 6.09. The second-order valence-electron chi connectivity index (χ2n) is 7.29. The summed E-state index contributed by atoms with van der Waals surface area (Å²) in [7, 11) is 0. The van der Waals surface area contributed by atoms with Crippen LogP contribution in [0.4, 0.5) is 4.39 Å². The van der Waals surface area contributed by atoms with Crippen LogP contribution in [0.5, 0.6) is 0 Å². The van der Waals surface area contributed by atoms with Gasteiger partial charge in [-0.25, -0.2) is 4.39 Å². The van der Waals surface area contributed by atoms with E-state index in [4.69, 9.17) is 0 Å². The van der Waals surface area contributed by atoms with Crippen LogP contribution < -0.4 is 0 Å². The van der Waals surface area contributed by atoms with Gasteiger partial charge in [0.1, 0.15) is 5.82 Å². The summed E-state index contributed by atoms with van der Waals surface area (Å²) >= 11 is 1.47. The maximum Gasteiger partial charge on any atom is 0.242 e. The smallest absolute Gasteiger partial charge is 0.242 e. The van der Waals surface area contributed by atoms with Crippen molar-refractivity contribution in [1.82, 2.24) is 4.90 Å². The van der Waals surface area contributed by atoms with Crippen LogP contribution in [0.1, 0.15) is 48.4 Å². The second kappa shape index (κ2) is 9.83. The van der Waals surface area contributed by atoms with Gasteiger partial charge in [0.2, 0.25) is 5.91 Å². The van der Waals surface area contributed by atoms with Crippen LogP contribution in [0.25, 0.3) is 0 Å². The van der Waals surface area contributed by atoms with Crippen molar-refractivity contribution in [3.8, 4) is 0 Å². The number of nitrogens with zero attached hydrogens (tertiary/aromatic N) is 3. The summed E-state index contributed by atoms with van der Waals surface area (Å²) in [5, 5.41) is 9.09. The highest BCUT2D eigenvalue weighted by atomic mass is 32.2. The SMILES string of the molecule is CCCCC1SC(=NN=Cc2ccc(C)cc2C)N(Cc2ccc(F)cc2)C1=O. The Kier molecular flexibility index (Phi) is 7.20. The van der Waals surface area contributed by atoms with E-state index in [1.807, 2.05) is 19.1 Å². The van der Waals surface area contributed by atoms with E-state index in [2.05, 4.69) is 30.1 Å². The molecule has 29 heavy (non-hydrogen) atoms. The van der Waals surface area contributed by atoms with Gasteiger partial charge in [-0.2, -0.15) is 5.10 Å². The normalized spacial score (nSPS) is 18.3. The van der Waals surface area contributed by atoms with E-state index >= 15 is 0 Å². The Morgan fingerprint density at radius 2 is 1.93 bits per heavy atom. The Morgan fingerprint density at radius 1 is 1.17 bits per heavy atom. The summed E-state index contributed by atoms with van der Waals surface area (Å²) in [5.74, 6) is -0.239. The molecule has 1 aliphatic rings. The number of carbonyl (C=O) groups is 1. The lowest BCUT2D eigenvalue weighted by atomic mass is 10.1. The van der Waals surface area contributed by atoms with Crippen molar-refractivity contribution in [3.05, 3.63) is 70.5 Å². The molecule has 1 aliphatic heterocycles. The van der Waals surface area contributed by atoms with Gasteiger partial charge in [-0.05, 0) is 49.1 Å². The van der Waals surface area contributed by atoms with Gasteiger partial charge in [0.05, 0.1) is 18.0 Å². The molecule has 4 nitrogen and oxygen atoms in total. The second-order valence-corrected chi connectivity index (χ2v) is 8.46. The first-order valence-corrected chi connectivity index (χ1v) is 10.8. The molecule has 1 saturated heterocycles. The van der Waals surface area contributed by atoms with Crippen molar-refractivity contribution < 1.29 is 9.18 Å². The number of aryl methyl sites for hydroxylation is 2. The number of hydrogen-bond donors (Lipinski definition) is 0. The fourth-order valence-corrected chi connectivity index (χ4v) is 4.33. The van der Waals surface area contributed by atoms with E-state index in [9.17, 15) is 9.18 Å². The molecule has 0 N–H and O–H groups in total. The van der Waals surface area contributed by atoms with E-state index in [0.717, 1.165) is 36.0 Å². The minimum Gasteiger partial charge on any atom is -0.284 e. The molecule has 1 atom stereocenters. The first-order chi connectivity index (χ1) is 14.0. The third-order valence-electron chi connectivity index (χ3n) is 4.86. The summed E-state index contributed by atoms with van der Waals surface area (Å²) in [6, 6.07) is 12.4.